The van der Waals surface area contributed by atoms with E-state index in [1.165, 1.54) is 12.1 Å². The predicted octanol–water partition coefficient (Wildman–Crippen LogP) is 4.46. The molecule has 0 bridgehead atoms. The summed E-state index contributed by atoms with van der Waals surface area (Å²) in [6, 6.07) is 17.6. The minimum atomic E-state index is -0.323. The zero-order valence-electron chi connectivity index (χ0n) is 15.4. The van der Waals surface area contributed by atoms with Crippen LogP contribution in [-0.4, -0.2) is 27.7 Å². The zero-order chi connectivity index (χ0) is 19.2. The average Bonchev–Trinajstić information content (AvgIpc) is 2.66. The summed E-state index contributed by atoms with van der Waals surface area (Å²) in [7, 11) is 0. The van der Waals surface area contributed by atoms with E-state index < -0.39 is 0 Å². The molecule has 3 aromatic rings. The normalized spacial score (nSPS) is 12.0. The highest BCUT2D eigenvalue weighted by Crippen LogP contribution is 2.24. The van der Waals surface area contributed by atoms with Crippen molar-refractivity contribution in [3.63, 3.8) is 0 Å². The molecule has 27 heavy (non-hydrogen) atoms. The standard InChI is InChI=1S/C21H23FN4O/c1-14(2)19(13-27)25-21-24-18(15-7-4-3-5-8-15)12-20(26-21)23-17-10-6-9-16(22)11-17/h3-12,14,19,27H,13H2,1-2H3,(H2,23,24,25,26)/t19-/m0/s1. The highest BCUT2D eigenvalue weighted by atomic mass is 19.1. The Kier molecular flexibility index (Phi) is 5.98. The minimum absolute atomic E-state index is 0.0246. The third-order valence-electron chi connectivity index (χ3n) is 4.21. The number of aliphatic hydroxyl groups excluding tert-OH is 1. The Labute approximate surface area is 158 Å². The SMILES string of the molecule is CC(C)[C@H](CO)Nc1nc(Nc2cccc(F)c2)cc(-c2ccccc2)n1. The molecule has 3 N–H and O–H groups in total. The molecule has 0 spiro atoms. The molecule has 3 rings (SSSR count). The van der Waals surface area contributed by atoms with Crippen molar-refractivity contribution in [3.8, 4) is 11.3 Å². The fourth-order valence-corrected chi connectivity index (χ4v) is 2.64. The van der Waals surface area contributed by atoms with Gasteiger partial charge in [0.15, 0.2) is 0 Å². The molecule has 0 unspecified atom stereocenters. The molecule has 0 saturated carbocycles. The van der Waals surface area contributed by atoms with Crippen molar-refractivity contribution in [1.82, 2.24) is 9.97 Å². The number of benzene rings is 2. The number of aromatic nitrogens is 2. The lowest BCUT2D eigenvalue weighted by Crippen LogP contribution is -2.30. The Morgan fingerprint density at radius 1 is 1.00 bits per heavy atom. The van der Waals surface area contributed by atoms with E-state index in [2.05, 4.69) is 20.6 Å². The monoisotopic (exact) mass is 366 g/mol. The third-order valence-corrected chi connectivity index (χ3v) is 4.21. The van der Waals surface area contributed by atoms with Crippen molar-refractivity contribution in [2.45, 2.75) is 19.9 Å². The summed E-state index contributed by atoms with van der Waals surface area (Å²) in [5.74, 6) is 0.829. The van der Waals surface area contributed by atoms with E-state index >= 15 is 0 Å². The molecular weight excluding hydrogens is 343 g/mol. The topological polar surface area (TPSA) is 70.1 Å². The van der Waals surface area contributed by atoms with Crippen LogP contribution in [0.5, 0.6) is 0 Å². The second-order valence-corrected chi connectivity index (χ2v) is 6.64. The van der Waals surface area contributed by atoms with Crippen LogP contribution in [-0.2, 0) is 0 Å². The van der Waals surface area contributed by atoms with E-state index in [4.69, 9.17) is 0 Å². The van der Waals surface area contributed by atoms with Gasteiger partial charge in [0.05, 0.1) is 18.3 Å². The smallest absolute Gasteiger partial charge is 0.225 e. The molecule has 0 fully saturated rings. The second-order valence-electron chi connectivity index (χ2n) is 6.64. The van der Waals surface area contributed by atoms with Crippen molar-refractivity contribution in [1.29, 1.82) is 0 Å². The Balaban J connectivity index is 1.97. The van der Waals surface area contributed by atoms with Crippen LogP contribution in [0.15, 0.2) is 60.7 Å². The van der Waals surface area contributed by atoms with Gasteiger partial charge in [0, 0.05) is 17.3 Å². The lowest BCUT2D eigenvalue weighted by Gasteiger charge is -2.20. The fourth-order valence-electron chi connectivity index (χ4n) is 2.64. The molecule has 2 aromatic carbocycles. The van der Waals surface area contributed by atoms with Crippen LogP contribution < -0.4 is 10.6 Å². The van der Waals surface area contributed by atoms with Gasteiger partial charge in [0.25, 0.3) is 0 Å². The maximum atomic E-state index is 13.5. The summed E-state index contributed by atoms with van der Waals surface area (Å²) in [6.07, 6.45) is 0. The highest BCUT2D eigenvalue weighted by molar-refractivity contribution is 5.67. The summed E-state index contributed by atoms with van der Waals surface area (Å²) in [5, 5.41) is 15.9. The zero-order valence-corrected chi connectivity index (χ0v) is 15.4. The van der Waals surface area contributed by atoms with E-state index in [0.29, 0.717) is 17.5 Å². The summed E-state index contributed by atoms with van der Waals surface area (Å²) in [4.78, 5) is 9.07. The number of hydrogen-bond acceptors (Lipinski definition) is 5. The number of nitrogens with zero attached hydrogens (tertiary/aromatic N) is 2. The van der Waals surface area contributed by atoms with Crippen LogP contribution in [0.1, 0.15) is 13.8 Å². The first-order valence-corrected chi connectivity index (χ1v) is 8.89. The number of aliphatic hydroxyl groups is 1. The Hall–Kier alpha value is -2.99. The quantitative estimate of drug-likeness (QED) is 0.576. The van der Waals surface area contributed by atoms with E-state index in [9.17, 15) is 9.50 Å². The van der Waals surface area contributed by atoms with Crippen molar-refractivity contribution >= 4 is 17.5 Å². The van der Waals surface area contributed by atoms with Crippen LogP contribution in [0, 0.1) is 11.7 Å². The predicted molar refractivity (Wildman–Crippen MR) is 106 cm³/mol. The molecule has 0 saturated heterocycles. The number of nitrogens with one attached hydrogen (secondary N) is 2. The molecule has 0 aliphatic carbocycles. The van der Waals surface area contributed by atoms with Gasteiger partial charge in [-0.05, 0) is 24.1 Å². The van der Waals surface area contributed by atoms with Gasteiger partial charge < -0.3 is 15.7 Å². The fraction of sp³-hybridized carbons (Fsp3) is 0.238. The molecule has 5 nitrogen and oxygen atoms in total. The number of anilines is 3. The first-order chi connectivity index (χ1) is 13.0. The summed E-state index contributed by atoms with van der Waals surface area (Å²) in [5.41, 5.74) is 2.27. The molecule has 6 heteroatoms. The third kappa shape index (κ3) is 5.01. The van der Waals surface area contributed by atoms with E-state index in [0.717, 1.165) is 11.3 Å². The van der Waals surface area contributed by atoms with Gasteiger partial charge in [0.2, 0.25) is 5.95 Å². The van der Waals surface area contributed by atoms with Gasteiger partial charge in [-0.25, -0.2) is 9.37 Å². The van der Waals surface area contributed by atoms with E-state index in [1.54, 1.807) is 12.1 Å². The summed E-state index contributed by atoms with van der Waals surface area (Å²) in [6.45, 7) is 4.00. The summed E-state index contributed by atoms with van der Waals surface area (Å²) >= 11 is 0. The van der Waals surface area contributed by atoms with E-state index in [-0.39, 0.29) is 24.4 Å². The van der Waals surface area contributed by atoms with Gasteiger partial charge in [-0.15, -0.1) is 0 Å². The molecule has 0 aliphatic rings. The maximum absolute atomic E-state index is 13.5. The van der Waals surface area contributed by atoms with Crippen LogP contribution in [0.3, 0.4) is 0 Å². The van der Waals surface area contributed by atoms with Crippen molar-refractivity contribution < 1.29 is 9.50 Å². The van der Waals surface area contributed by atoms with Crippen LogP contribution in [0.25, 0.3) is 11.3 Å². The lowest BCUT2D eigenvalue weighted by molar-refractivity contribution is 0.248. The second kappa shape index (κ2) is 8.60. The molecule has 1 atom stereocenters. The highest BCUT2D eigenvalue weighted by Gasteiger charge is 2.15. The first kappa shape index (κ1) is 18.8. The molecule has 140 valence electrons. The molecular formula is C21H23FN4O. The molecule has 0 amide bonds. The van der Waals surface area contributed by atoms with Crippen molar-refractivity contribution in [2.24, 2.45) is 5.92 Å². The van der Waals surface area contributed by atoms with Crippen LogP contribution in [0.4, 0.5) is 21.8 Å². The Morgan fingerprint density at radius 2 is 1.78 bits per heavy atom. The molecule has 1 heterocycles. The molecule has 0 radical (unpaired) electrons. The van der Waals surface area contributed by atoms with Crippen molar-refractivity contribution in [3.05, 3.63) is 66.5 Å². The van der Waals surface area contributed by atoms with Gasteiger partial charge >= 0.3 is 0 Å². The van der Waals surface area contributed by atoms with Gasteiger partial charge in [-0.1, -0.05) is 50.2 Å². The molecule has 1 aromatic heterocycles. The van der Waals surface area contributed by atoms with E-state index in [1.807, 2.05) is 50.2 Å². The van der Waals surface area contributed by atoms with Gasteiger partial charge in [-0.3, -0.25) is 0 Å². The largest absolute Gasteiger partial charge is 0.394 e. The average molecular weight is 366 g/mol. The Bertz CT molecular complexity index is 886. The van der Waals surface area contributed by atoms with Crippen LogP contribution >= 0.6 is 0 Å². The number of rotatable bonds is 7. The van der Waals surface area contributed by atoms with Crippen molar-refractivity contribution in [2.75, 3.05) is 17.2 Å². The van der Waals surface area contributed by atoms with Crippen LogP contribution in [0.2, 0.25) is 0 Å². The minimum Gasteiger partial charge on any atom is -0.394 e. The number of hydrogen-bond donors (Lipinski definition) is 3. The summed E-state index contributed by atoms with van der Waals surface area (Å²) < 4.78 is 13.5. The molecule has 0 aliphatic heterocycles. The number of halogens is 1. The van der Waals surface area contributed by atoms with Gasteiger partial charge in [-0.2, -0.15) is 4.98 Å². The van der Waals surface area contributed by atoms with Gasteiger partial charge in [0.1, 0.15) is 11.6 Å². The maximum Gasteiger partial charge on any atom is 0.225 e. The Morgan fingerprint density at radius 3 is 2.44 bits per heavy atom. The first-order valence-electron chi connectivity index (χ1n) is 8.89. The lowest BCUT2D eigenvalue weighted by atomic mass is 10.1.